The van der Waals surface area contributed by atoms with Crippen LogP contribution in [-0.4, -0.2) is 54.3 Å². The number of rotatable bonds is 2. The van der Waals surface area contributed by atoms with Crippen LogP contribution >= 0.6 is 11.6 Å². The zero-order chi connectivity index (χ0) is 20.9. The molecule has 0 bridgehead atoms. The first kappa shape index (κ1) is 19.8. The van der Waals surface area contributed by atoms with Gasteiger partial charge in [0.05, 0.1) is 11.1 Å². The van der Waals surface area contributed by atoms with E-state index in [1.54, 1.807) is 24.3 Å². The molecule has 29 heavy (non-hydrogen) atoms. The first-order valence-corrected chi connectivity index (χ1v) is 9.81. The standard InChI is InChI=1S/C21H21BClNO5/c1-24-7-6-11(14(26)9-24)16-19(27)18(22)20(28)17-13(25)8-15(29-21(16)17)10-4-2-3-5-12(10)23/h2-5,8,11,14,26-28H,6-7,9,22H2,1H3/t11-,14+/m0/s1. The monoisotopic (exact) mass is 413 g/mol. The number of aromatic hydroxyl groups is 2. The van der Waals surface area contributed by atoms with Gasteiger partial charge in [0.1, 0.15) is 36.1 Å². The van der Waals surface area contributed by atoms with E-state index in [9.17, 15) is 20.1 Å². The highest BCUT2D eigenvalue weighted by atomic mass is 35.5. The van der Waals surface area contributed by atoms with Crippen LogP contribution in [0, 0.1) is 0 Å². The van der Waals surface area contributed by atoms with Gasteiger partial charge in [0.15, 0.2) is 5.43 Å². The van der Waals surface area contributed by atoms with Crippen LogP contribution in [0.2, 0.25) is 5.02 Å². The van der Waals surface area contributed by atoms with Gasteiger partial charge in [0.25, 0.3) is 0 Å². The van der Waals surface area contributed by atoms with Gasteiger partial charge in [-0.25, -0.2) is 0 Å². The molecule has 0 unspecified atom stereocenters. The summed E-state index contributed by atoms with van der Waals surface area (Å²) in [6, 6.07) is 8.25. The van der Waals surface area contributed by atoms with Crippen molar-refractivity contribution in [1.29, 1.82) is 0 Å². The van der Waals surface area contributed by atoms with Crippen molar-refractivity contribution in [2.45, 2.75) is 18.4 Å². The molecule has 1 saturated heterocycles. The normalized spacial score (nSPS) is 20.2. The second-order valence-corrected chi connectivity index (χ2v) is 8.03. The lowest BCUT2D eigenvalue weighted by atomic mass is 9.80. The molecule has 0 saturated carbocycles. The number of likely N-dealkylation sites (tertiary alicyclic amines) is 1. The average Bonchev–Trinajstić information content (AvgIpc) is 2.67. The number of hydrogen-bond donors (Lipinski definition) is 3. The Morgan fingerprint density at radius 2 is 1.97 bits per heavy atom. The van der Waals surface area contributed by atoms with E-state index in [4.69, 9.17) is 16.0 Å². The van der Waals surface area contributed by atoms with E-state index < -0.39 is 17.5 Å². The minimum atomic E-state index is -0.749. The molecule has 1 aromatic heterocycles. The van der Waals surface area contributed by atoms with Crippen molar-refractivity contribution >= 4 is 35.9 Å². The second-order valence-electron chi connectivity index (χ2n) is 7.62. The highest BCUT2D eigenvalue weighted by molar-refractivity contribution is 6.38. The van der Waals surface area contributed by atoms with E-state index in [1.165, 1.54) is 13.9 Å². The molecule has 0 aliphatic carbocycles. The Bertz CT molecular complexity index is 1160. The Kier molecular flexibility index (Phi) is 5.06. The Hall–Kier alpha value is -2.48. The summed E-state index contributed by atoms with van der Waals surface area (Å²) in [5.74, 6) is -0.678. The van der Waals surface area contributed by atoms with Crippen molar-refractivity contribution in [3.8, 4) is 22.8 Å². The van der Waals surface area contributed by atoms with Crippen LogP contribution in [0.15, 0.2) is 39.5 Å². The molecule has 1 aliphatic rings. The number of phenolic OH excluding ortho intramolecular Hbond substituents is 2. The number of piperidine rings is 1. The van der Waals surface area contributed by atoms with E-state index in [2.05, 4.69) is 0 Å². The summed E-state index contributed by atoms with van der Waals surface area (Å²) in [5.41, 5.74) is 0.716. The largest absolute Gasteiger partial charge is 0.508 e. The van der Waals surface area contributed by atoms with E-state index in [0.29, 0.717) is 29.1 Å². The lowest BCUT2D eigenvalue weighted by molar-refractivity contribution is 0.0631. The molecule has 3 N–H and O–H groups in total. The number of aliphatic hydroxyl groups is 1. The van der Waals surface area contributed by atoms with Gasteiger partial charge in [-0.3, -0.25) is 4.79 Å². The van der Waals surface area contributed by atoms with Crippen LogP contribution in [0.5, 0.6) is 11.5 Å². The van der Waals surface area contributed by atoms with E-state index >= 15 is 0 Å². The van der Waals surface area contributed by atoms with Crippen molar-refractivity contribution in [1.82, 2.24) is 4.90 Å². The lowest BCUT2D eigenvalue weighted by Crippen LogP contribution is -2.40. The Balaban J connectivity index is 2.04. The molecule has 2 aromatic carbocycles. The maximum absolute atomic E-state index is 12.9. The molecule has 6 nitrogen and oxygen atoms in total. The van der Waals surface area contributed by atoms with Gasteiger partial charge < -0.3 is 24.6 Å². The third-order valence-corrected chi connectivity index (χ3v) is 6.02. The molecule has 4 rings (SSSR count). The number of hydrogen-bond acceptors (Lipinski definition) is 6. The smallest absolute Gasteiger partial charge is 0.197 e. The Labute approximate surface area is 173 Å². The van der Waals surface area contributed by atoms with Crippen molar-refractivity contribution in [3.63, 3.8) is 0 Å². The molecule has 1 aliphatic heterocycles. The average molecular weight is 414 g/mol. The molecule has 2 atom stereocenters. The van der Waals surface area contributed by atoms with E-state index in [1.807, 2.05) is 11.9 Å². The molecule has 3 aromatic rings. The van der Waals surface area contributed by atoms with Crippen LogP contribution in [0.4, 0.5) is 0 Å². The van der Waals surface area contributed by atoms with Crippen LogP contribution < -0.4 is 10.9 Å². The topological polar surface area (TPSA) is 94.1 Å². The van der Waals surface area contributed by atoms with Crippen LogP contribution in [0.3, 0.4) is 0 Å². The number of fused-ring (bicyclic) bond motifs is 1. The zero-order valence-corrected chi connectivity index (χ0v) is 16.9. The number of halogens is 1. The summed E-state index contributed by atoms with van der Waals surface area (Å²) >= 11 is 6.27. The Morgan fingerprint density at radius 3 is 2.66 bits per heavy atom. The summed E-state index contributed by atoms with van der Waals surface area (Å²) in [6.07, 6.45) is -0.175. The summed E-state index contributed by atoms with van der Waals surface area (Å²) < 4.78 is 6.06. The molecule has 0 spiro atoms. The van der Waals surface area contributed by atoms with Gasteiger partial charge in [0.2, 0.25) is 0 Å². The third-order valence-electron chi connectivity index (χ3n) is 5.69. The summed E-state index contributed by atoms with van der Waals surface area (Å²) in [7, 11) is 3.45. The molecule has 1 fully saturated rings. The maximum Gasteiger partial charge on any atom is 0.197 e. The zero-order valence-electron chi connectivity index (χ0n) is 16.1. The number of β-amino-alcohol motifs (C(OH)–C–C–N with tert-alkyl or cyclic N) is 1. The minimum absolute atomic E-state index is 0.00256. The van der Waals surface area contributed by atoms with Gasteiger partial charge in [-0.05, 0) is 37.6 Å². The molecule has 2 heterocycles. The fourth-order valence-corrected chi connectivity index (χ4v) is 4.31. The van der Waals surface area contributed by atoms with Crippen molar-refractivity contribution in [2.24, 2.45) is 0 Å². The van der Waals surface area contributed by atoms with Crippen molar-refractivity contribution in [2.75, 3.05) is 20.1 Å². The molecular weight excluding hydrogens is 392 g/mol. The van der Waals surface area contributed by atoms with Crippen LogP contribution in [-0.2, 0) is 0 Å². The predicted octanol–water partition coefficient (Wildman–Crippen LogP) is 1.56. The van der Waals surface area contributed by atoms with E-state index in [0.717, 1.165) is 6.54 Å². The Morgan fingerprint density at radius 1 is 1.24 bits per heavy atom. The fourth-order valence-electron chi connectivity index (χ4n) is 4.08. The third kappa shape index (κ3) is 3.29. The number of likely N-dealkylation sites (N-methyl/N-ethyl adjacent to an activating group) is 1. The molecule has 0 radical (unpaired) electrons. The summed E-state index contributed by atoms with van der Waals surface area (Å²) in [4.78, 5) is 14.9. The van der Waals surface area contributed by atoms with Gasteiger partial charge >= 0.3 is 0 Å². The molecule has 0 amide bonds. The highest BCUT2D eigenvalue weighted by Gasteiger charge is 2.34. The van der Waals surface area contributed by atoms with Gasteiger partial charge in [-0.15, -0.1) is 0 Å². The minimum Gasteiger partial charge on any atom is -0.508 e. The van der Waals surface area contributed by atoms with Crippen LogP contribution in [0.25, 0.3) is 22.3 Å². The first-order chi connectivity index (χ1) is 13.8. The predicted molar refractivity (Wildman–Crippen MR) is 115 cm³/mol. The molecular formula is C21H21BClNO5. The van der Waals surface area contributed by atoms with Crippen molar-refractivity contribution in [3.05, 3.63) is 51.1 Å². The second kappa shape index (κ2) is 7.41. The first-order valence-electron chi connectivity index (χ1n) is 9.43. The van der Waals surface area contributed by atoms with Gasteiger partial charge in [0, 0.05) is 29.7 Å². The summed E-state index contributed by atoms with van der Waals surface area (Å²) in [5, 5.41) is 32.5. The number of benzene rings is 2. The fraction of sp³-hybridized carbons (Fsp3) is 0.286. The molecule has 150 valence electrons. The lowest BCUT2D eigenvalue weighted by Gasteiger charge is -2.34. The highest BCUT2D eigenvalue weighted by Crippen LogP contribution is 2.41. The number of phenols is 2. The van der Waals surface area contributed by atoms with Gasteiger partial charge in [-0.1, -0.05) is 23.7 Å². The number of nitrogens with zero attached hydrogens (tertiary/aromatic N) is 1. The quantitative estimate of drug-likeness (QED) is 0.552. The molecule has 8 heteroatoms. The SMILES string of the molecule is Bc1c(O)c([C@H]2CCN(C)C[C@H]2O)c2oc(-c3ccccc3Cl)cc(=O)c2c1O. The van der Waals surface area contributed by atoms with Gasteiger partial charge in [-0.2, -0.15) is 0 Å². The number of aliphatic hydroxyl groups excluding tert-OH is 1. The summed E-state index contributed by atoms with van der Waals surface area (Å²) in [6.45, 7) is 1.15. The van der Waals surface area contributed by atoms with E-state index in [-0.39, 0.29) is 33.7 Å². The van der Waals surface area contributed by atoms with Crippen LogP contribution in [0.1, 0.15) is 17.9 Å². The maximum atomic E-state index is 12.9. The van der Waals surface area contributed by atoms with Crippen molar-refractivity contribution < 1.29 is 19.7 Å².